The van der Waals surface area contributed by atoms with Crippen LogP contribution in [0, 0.1) is 11.7 Å². The molecule has 0 bridgehead atoms. The number of hydrogen-bond acceptors (Lipinski definition) is 4. The van der Waals surface area contributed by atoms with Crippen molar-refractivity contribution in [2.24, 2.45) is 5.92 Å². The second-order valence-electron chi connectivity index (χ2n) is 5.77. The molecule has 2 aromatic rings. The number of thiazole rings is 1. The SMILES string of the molecule is CC(C)C(C)(O)CNCc1csc(-c2ccc(F)cc2)n1. The Morgan fingerprint density at radius 1 is 1.33 bits per heavy atom. The summed E-state index contributed by atoms with van der Waals surface area (Å²) in [5, 5.41) is 16.3. The van der Waals surface area contributed by atoms with E-state index < -0.39 is 5.60 Å². The van der Waals surface area contributed by atoms with Gasteiger partial charge in [-0.3, -0.25) is 0 Å². The third-order valence-corrected chi connectivity index (χ3v) is 4.62. The van der Waals surface area contributed by atoms with Crippen LogP contribution in [0.25, 0.3) is 10.6 Å². The fourth-order valence-electron chi connectivity index (χ4n) is 1.76. The predicted octanol–water partition coefficient (Wildman–Crippen LogP) is 3.45. The predicted molar refractivity (Wildman–Crippen MR) is 84.7 cm³/mol. The van der Waals surface area contributed by atoms with Gasteiger partial charge in [-0.25, -0.2) is 9.37 Å². The molecule has 3 nitrogen and oxygen atoms in total. The summed E-state index contributed by atoms with van der Waals surface area (Å²) in [6, 6.07) is 6.34. The van der Waals surface area contributed by atoms with E-state index >= 15 is 0 Å². The van der Waals surface area contributed by atoms with Gasteiger partial charge in [-0.05, 0) is 37.1 Å². The van der Waals surface area contributed by atoms with Crippen molar-refractivity contribution in [2.75, 3.05) is 6.54 Å². The van der Waals surface area contributed by atoms with Gasteiger partial charge in [0.05, 0.1) is 11.3 Å². The maximum atomic E-state index is 12.9. The van der Waals surface area contributed by atoms with E-state index in [1.54, 1.807) is 12.1 Å². The zero-order chi connectivity index (χ0) is 15.5. The highest BCUT2D eigenvalue weighted by molar-refractivity contribution is 7.13. The van der Waals surface area contributed by atoms with E-state index in [9.17, 15) is 9.50 Å². The molecule has 1 heterocycles. The van der Waals surface area contributed by atoms with E-state index in [1.807, 2.05) is 26.2 Å². The third-order valence-electron chi connectivity index (χ3n) is 3.68. The Bertz CT molecular complexity index is 578. The summed E-state index contributed by atoms with van der Waals surface area (Å²) in [5.41, 5.74) is 1.12. The lowest BCUT2D eigenvalue weighted by Gasteiger charge is -2.27. The van der Waals surface area contributed by atoms with Crippen molar-refractivity contribution < 1.29 is 9.50 Å². The van der Waals surface area contributed by atoms with Crippen molar-refractivity contribution in [3.63, 3.8) is 0 Å². The second kappa shape index (κ2) is 6.64. The van der Waals surface area contributed by atoms with Crippen molar-refractivity contribution in [3.8, 4) is 10.6 Å². The molecule has 2 rings (SSSR count). The number of halogens is 1. The maximum Gasteiger partial charge on any atom is 0.123 e. The molecule has 0 aliphatic heterocycles. The number of benzene rings is 1. The zero-order valence-corrected chi connectivity index (χ0v) is 13.4. The van der Waals surface area contributed by atoms with Crippen LogP contribution >= 0.6 is 11.3 Å². The van der Waals surface area contributed by atoms with Gasteiger partial charge in [0.2, 0.25) is 0 Å². The van der Waals surface area contributed by atoms with E-state index in [-0.39, 0.29) is 11.7 Å². The van der Waals surface area contributed by atoms with Gasteiger partial charge < -0.3 is 10.4 Å². The number of hydrogen-bond donors (Lipinski definition) is 2. The minimum absolute atomic E-state index is 0.190. The normalized spacial score (nSPS) is 14.4. The molecule has 5 heteroatoms. The van der Waals surface area contributed by atoms with Crippen LogP contribution in [-0.2, 0) is 6.54 Å². The van der Waals surface area contributed by atoms with Gasteiger partial charge in [0.25, 0.3) is 0 Å². The average molecular weight is 308 g/mol. The maximum absolute atomic E-state index is 12.9. The van der Waals surface area contributed by atoms with Crippen LogP contribution in [0.15, 0.2) is 29.6 Å². The molecular formula is C16H21FN2OS. The zero-order valence-electron chi connectivity index (χ0n) is 12.6. The average Bonchev–Trinajstić information content (AvgIpc) is 2.88. The molecule has 1 atom stereocenters. The summed E-state index contributed by atoms with van der Waals surface area (Å²) in [7, 11) is 0. The first-order valence-corrected chi connectivity index (χ1v) is 7.90. The van der Waals surface area contributed by atoms with Crippen LogP contribution in [0.2, 0.25) is 0 Å². The largest absolute Gasteiger partial charge is 0.389 e. The molecule has 0 fully saturated rings. The number of aliphatic hydroxyl groups is 1. The highest BCUT2D eigenvalue weighted by Crippen LogP contribution is 2.24. The Balaban J connectivity index is 1.93. The molecular weight excluding hydrogens is 287 g/mol. The van der Waals surface area contributed by atoms with Gasteiger partial charge in [0.15, 0.2) is 0 Å². The number of aromatic nitrogens is 1. The molecule has 1 aromatic carbocycles. The van der Waals surface area contributed by atoms with E-state index in [1.165, 1.54) is 23.5 Å². The molecule has 0 aliphatic carbocycles. The van der Waals surface area contributed by atoms with Crippen molar-refractivity contribution in [2.45, 2.75) is 32.9 Å². The molecule has 0 aliphatic rings. The van der Waals surface area contributed by atoms with E-state index in [4.69, 9.17) is 0 Å². The first-order chi connectivity index (χ1) is 9.88. The molecule has 0 saturated carbocycles. The lowest BCUT2D eigenvalue weighted by molar-refractivity contribution is 0.0139. The van der Waals surface area contributed by atoms with E-state index in [0.717, 1.165) is 16.3 Å². The van der Waals surface area contributed by atoms with Crippen molar-refractivity contribution in [1.29, 1.82) is 0 Å². The van der Waals surface area contributed by atoms with Crippen LogP contribution < -0.4 is 5.32 Å². The third kappa shape index (κ3) is 4.33. The number of nitrogens with zero attached hydrogens (tertiary/aromatic N) is 1. The van der Waals surface area contributed by atoms with Gasteiger partial charge >= 0.3 is 0 Å². The Morgan fingerprint density at radius 2 is 2.00 bits per heavy atom. The highest BCUT2D eigenvalue weighted by atomic mass is 32.1. The molecule has 1 aromatic heterocycles. The minimum Gasteiger partial charge on any atom is -0.389 e. The van der Waals surface area contributed by atoms with Gasteiger partial charge in [-0.2, -0.15) is 0 Å². The van der Waals surface area contributed by atoms with Gasteiger partial charge in [-0.1, -0.05) is 13.8 Å². The summed E-state index contributed by atoms with van der Waals surface area (Å²) in [5.74, 6) is -0.0525. The van der Waals surface area contributed by atoms with Crippen LogP contribution in [0.1, 0.15) is 26.5 Å². The minimum atomic E-state index is -0.726. The highest BCUT2D eigenvalue weighted by Gasteiger charge is 2.24. The van der Waals surface area contributed by atoms with Crippen LogP contribution in [0.3, 0.4) is 0 Å². The first kappa shape index (κ1) is 16.1. The first-order valence-electron chi connectivity index (χ1n) is 7.02. The molecule has 0 radical (unpaired) electrons. The van der Waals surface area contributed by atoms with Gasteiger partial charge in [-0.15, -0.1) is 11.3 Å². The molecule has 0 amide bonds. The van der Waals surface area contributed by atoms with Gasteiger partial charge in [0, 0.05) is 24.0 Å². The molecule has 2 N–H and O–H groups in total. The molecule has 0 saturated heterocycles. The second-order valence-corrected chi connectivity index (χ2v) is 6.62. The summed E-state index contributed by atoms with van der Waals surface area (Å²) in [4.78, 5) is 4.53. The lowest BCUT2D eigenvalue weighted by atomic mass is 9.92. The Morgan fingerprint density at radius 3 is 2.62 bits per heavy atom. The monoisotopic (exact) mass is 308 g/mol. The van der Waals surface area contributed by atoms with Crippen LogP contribution in [-0.4, -0.2) is 22.2 Å². The van der Waals surface area contributed by atoms with Crippen molar-refractivity contribution >= 4 is 11.3 Å². The smallest absolute Gasteiger partial charge is 0.123 e. The molecule has 114 valence electrons. The summed E-state index contributed by atoms with van der Waals surface area (Å²) < 4.78 is 12.9. The Labute approximate surface area is 128 Å². The standard InChI is InChI=1S/C16H21FN2OS/c1-11(2)16(3,20)10-18-8-14-9-21-15(19-14)12-4-6-13(17)7-5-12/h4-7,9,11,18,20H,8,10H2,1-3H3. The van der Waals surface area contributed by atoms with E-state index in [2.05, 4.69) is 10.3 Å². The van der Waals surface area contributed by atoms with Crippen molar-refractivity contribution in [3.05, 3.63) is 41.2 Å². The number of rotatable bonds is 6. The van der Waals surface area contributed by atoms with Gasteiger partial charge in [0.1, 0.15) is 10.8 Å². The molecule has 1 unspecified atom stereocenters. The Kier molecular flexibility index (Phi) is 5.08. The summed E-state index contributed by atoms with van der Waals surface area (Å²) in [6.45, 7) is 6.96. The lowest BCUT2D eigenvalue weighted by Crippen LogP contribution is -2.41. The summed E-state index contributed by atoms with van der Waals surface area (Å²) >= 11 is 1.54. The molecule has 0 spiro atoms. The van der Waals surface area contributed by atoms with E-state index in [0.29, 0.717) is 13.1 Å². The number of nitrogens with one attached hydrogen (secondary N) is 1. The Hall–Kier alpha value is -1.30. The quantitative estimate of drug-likeness (QED) is 0.859. The topological polar surface area (TPSA) is 45.1 Å². The van der Waals surface area contributed by atoms with Crippen LogP contribution in [0.5, 0.6) is 0 Å². The van der Waals surface area contributed by atoms with Crippen LogP contribution in [0.4, 0.5) is 4.39 Å². The molecule has 21 heavy (non-hydrogen) atoms. The summed E-state index contributed by atoms with van der Waals surface area (Å²) in [6.07, 6.45) is 0. The van der Waals surface area contributed by atoms with Crippen molar-refractivity contribution in [1.82, 2.24) is 10.3 Å². The fraction of sp³-hybridized carbons (Fsp3) is 0.438. The fourth-order valence-corrected chi connectivity index (χ4v) is 2.59.